The number of thioether (sulfide) groups is 1. The van der Waals surface area contributed by atoms with Gasteiger partial charge in [0.15, 0.2) is 0 Å². The van der Waals surface area contributed by atoms with Crippen molar-refractivity contribution in [2.75, 3.05) is 10.2 Å². The highest BCUT2D eigenvalue weighted by Crippen LogP contribution is 2.34. The molecular weight excluding hydrogens is 644 g/mol. The maximum atomic E-state index is 13.3. The molecule has 0 aromatic heterocycles. The van der Waals surface area contributed by atoms with Crippen LogP contribution in [0.15, 0.2) is 118 Å². The highest BCUT2D eigenvalue weighted by Gasteiger charge is 2.40. The van der Waals surface area contributed by atoms with Crippen LogP contribution < -0.4 is 21.3 Å². The van der Waals surface area contributed by atoms with E-state index in [1.165, 1.54) is 36.0 Å². The summed E-state index contributed by atoms with van der Waals surface area (Å²) in [6, 6.07) is 28.7. The van der Waals surface area contributed by atoms with Gasteiger partial charge >= 0.3 is 0 Å². The van der Waals surface area contributed by atoms with E-state index >= 15 is 0 Å². The molecule has 0 aliphatic carbocycles. The van der Waals surface area contributed by atoms with Gasteiger partial charge < -0.3 is 16.4 Å². The molecule has 1 aliphatic heterocycles. The Morgan fingerprint density at radius 3 is 2.14 bits per heavy atom. The Morgan fingerprint density at radius 1 is 0.841 bits per heavy atom. The fourth-order valence-corrected chi connectivity index (χ4v) is 5.71. The molecule has 0 radical (unpaired) electrons. The fourth-order valence-electron chi connectivity index (χ4n) is 4.39. The largest absolute Gasteiger partial charge is 0.366 e. The summed E-state index contributed by atoms with van der Waals surface area (Å²) in [6.45, 7) is 0. The van der Waals surface area contributed by atoms with E-state index in [-0.39, 0.29) is 29.5 Å². The maximum Gasteiger partial charge on any atom is 0.272 e. The number of amides is 5. The number of carbonyl (C=O) groups excluding carboxylic acids is 5. The zero-order chi connectivity index (χ0) is 31.2. The first-order valence-corrected chi connectivity index (χ1v) is 15.0. The van der Waals surface area contributed by atoms with Gasteiger partial charge in [-0.15, -0.1) is 11.8 Å². The predicted molar refractivity (Wildman–Crippen MR) is 173 cm³/mol. The summed E-state index contributed by atoms with van der Waals surface area (Å²) >= 11 is 4.63. The van der Waals surface area contributed by atoms with Crippen molar-refractivity contribution in [3.63, 3.8) is 0 Å². The van der Waals surface area contributed by atoms with Crippen LogP contribution in [0.2, 0.25) is 0 Å². The molecule has 220 valence electrons. The van der Waals surface area contributed by atoms with Gasteiger partial charge in [0.25, 0.3) is 11.8 Å². The van der Waals surface area contributed by atoms with Crippen LogP contribution in [0.25, 0.3) is 6.08 Å². The second-order valence-electron chi connectivity index (χ2n) is 9.70. The molecule has 1 atom stereocenters. The number of nitrogens with two attached hydrogens (primary N) is 1. The van der Waals surface area contributed by atoms with Crippen molar-refractivity contribution in [3.8, 4) is 0 Å². The van der Waals surface area contributed by atoms with Crippen LogP contribution in [0.4, 0.5) is 11.4 Å². The lowest BCUT2D eigenvalue weighted by molar-refractivity contribution is -0.121. The number of carbonyl (C=O) groups is 5. The minimum absolute atomic E-state index is 0.0187. The average Bonchev–Trinajstić information content (AvgIpc) is 3.30. The molecule has 1 unspecified atom stereocenters. The molecule has 4 aromatic rings. The van der Waals surface area contributed by atoms with Crippen molar-refractivity contribution in [2.24, 2.45) is 5.73 Å². The maximum absolute atomic E-state index is 13.3. The van der Waals surface area contributed by atoms with Crippen LogP contribution in [-0.4, -0.2) is 34.8 Å². The second kappa shape index (κ2) is 13.5. The molecule has 4 aromatic carbocycles. The predicted octanol–water partition coefficient (Wildman–Crippen LogP) is 5.38. The number of hydrogen-bond donors (Lipinski definition) is 3. The Morgan fingerprint density at radius 2 is 1.50 bits per heavy atom. The molecular formula is C33H25BrN4O5S. The smallest absolute Gasteiger partial charge is 0.272 e. The Labute approximate surface area is 265 Å². The van der Waals surface area contributed by atoms with Crippen molar-refractivity contribution in [2.45, 2.75) is 16.6 Å². The third-order valence-electron chi connectivity index (χ3n) is 6.62. The summed E-state index contributed by atoms with van der Waals surface area (Å²) in [5, 5.41) is 4.88. The Balaban J connectivity index is 1.26. The summed E-state index contributed by atoms with van der Waals surface area (Å²) in [4.78, 5) is 65.1. The highest BCUT2D eigenvalue weighted by atomic mass is 79.9. The molecule has 0 spiro atoms. The lowest BCUT2D eigenvalue weighted by Gasteiger charge is -2.15. The van der Waals surface area contributed by atoms with E-state index in [1.807, 2.05) is 24.3 Å². The third-order valence-corrected chi connectivity index (χ3v) is 8.34. The first kappa shape index (κ1) is 30.5. The molecule has 44 heavy (non-hydrogen) atoms. The van der Waals surface area contributed by atoms with Gasteiger partial charge in [-0.25, -0.2) is 4.90 Å². The standard InChI is InChI=1S/C33H25BrN4O5S/c34-23-10-6-20(7-11-23)18-27(37-31(41)22-4-2-1-3-5-22)32(42)36-24-12-16-26(17-13-24)44-28-19-29(39)38(33(28)43)25-14-8-21(9-15-25)30(35)40/h1-18,28H,19H2,(H2,35,40)(H,36,42)(H,37,41)/b27-18-. The molecule has 1 fully saturated rings. The highest BCUT2D eigenvalue weighted by molar-refractivity contribution is 9.10. The van der Waals surface area contributed by atoms with Crippen molar-refractivity contribution < 1.29 is 24.0 Å². The molecule has 5 rings (SSSR count). The van der Waals surface area contributed by atoms with Crippen LogP contribution in [0.3, 0.4) is 0 Å². The van der Waals surface area contributed by atoms with E-state index in [1.54, 1.807) is 60.7 Å². The summed E-state index contributed by atoms with van der Waals surface area (Å²) in [7, 11) is 0. The summed E-state index contributed by atoms with van der Waals surface area (Å²) in [6.07, 6.45) is 1.60. The zero-order valence-corrected chi connectivity index (χ0v) is 25.4. The topological polar surface area (TPSA) is 139 Å². The number of rotatable bonds is 9. The fraction of sp³-hybridized carbons (Fsp3) is 0.0606. The number of nitrogens with zero attached hydrogens (tertiary/aromatic N) is 1. The zero-order valence-electron chi connectivity index (χ0n) is 23.0. The van der Waals surface area contributed by atoms with Gasteiger partial charge in [0, 0.05) is 32.6 Å². The van der Waals surface area contributed by atoms with E-state index < -0.39 is 23.0 Å². The van der Waals surface area contributed by atoms with E-state index in [0.717, 1.165) is 14.3 Å². The number of benzene rings is 4. The quantitative estimate of drug-likeness (QED) is 0.162. The van der Waals surface area contributed by atoms with Gasteiger partial charge in [0.2, 0.25) is 17.7 Å². The minimum Gasteiger partial charge on any atom is -0.366 e. The number of imide groups is 1. The van der Waals surface area contributed by atoms with Crippen LogP contribution in [-0.2, 0) is 14.4 Å². The second-order valence-corrected chi connectivity index (χ2v) is 11.9. The lowest BCUT2D eigenvalue weighted by atomic mass is 10.1. The first-order valence-electron chi connectivity index (χ1n) is 13.4. The number of nitrogens with one attached hydrogen (secondary N) is 2. The van der Waals surface area contributed by atoms with Gasteiger partial charge in [-0.1, -0.05) is 46.3 Å². The molecule has 0 saturated carbocycles. The number of primary amides is 1. The molecule has 9 nitrogen and oxygen atoms in total. The third kappa shape index (κ3) is 7.31. The van der Waals surface area contributed by atoms with Crippen molar-refractivity contribution in [1.82, 2.24) is 5.32 Å². The number of halogens is 1. The molecule has 11 heteroatoms. The van der Waals surface area contributed by atoms with Gasteiger partial charge in [0.1, 0.15) is 5.70 Å². The van der Waals surface area contributed by atoms with Gasteiger partial charge in [-0.3, -0.25) is 24.0 Å². The van der Waals surface area contributed by atoms with Crippen molar-refractivity contribution >= 4 is 74.7 Å². The van der Waals surface area contributed by atoms with E-state index in [0.29, 0.717) is 22.5 Å². The first-order chi connectivity index (χ1) is 21.2. The summed E-state index contributed by atoms with van der Waals surface area (Å²) in [5.74, 6) is -2.25. The number of hydrogen-bond acceptors (Lipinski definition) is 6. The lowest BCUT2D eigenvalue weighted by Crippen LogP contribution is -2.31. The molecule has 1 heterocycles. The summed E-state index contributed by atoms with van der Waals surface area (Å²) < 4.78 is 0.877. The minimum atomic E-state index is -0.632. The van der Waals surface area contributed by atoms with Crippen molar-refractivity contribution in [1.29, 1.82) is 0 Å². The van der Waals surface area contributed by atoms with Crippen LogP contribution in [0, 0.1) is 0 Å². The Bertz CT molecular complexity index is 1760. The molecule has 5 amide bonds. The Hall–Kier alpha value is -5.00. The van der Waals surface area contributed by atoms with E-state index in [2.05, 4.69) is 26.6 Å². The van der Waals surface area contributed by atoms with Gasteiger partial charge in [-0.2, -0.15) is 0 Å². The van der Waals surface area contributed by atoms with Crippen LogP contribution >= 0.6 is 27.7 Å². The van der Waals surface area contributed by atoms with E-state index in [4.69, 9.17) is 5.73 Å². The molecule has 1 saturated heterocycles. The molecule has 0 bridgehead atoms. The summed E-state index contributed by atoms with van der Waals surface area (Å²) in [5.41, 5.74) is 7.57. The SMILES string of the molecule is NC(=O)c1ccc(N2C(=O)CC(Sc3ccc(NC(=O)/C(=C/c4ccc(Br)cc4)NC(=O)c4ccccc4)cc3)C2=O)cc1. The van der Waals surface area contributed by atoms with Crippen LogP contribution in [0.1, 0.15) is 32.7 Å². The van der Waals surface area contributed by atoms with E-state index in [9.17, 15) is 24.0 Å². The normalized spacial score (nSPS) is 14.8. The van der Waals surface area contributed by atoms with Crippen LogP contribution in [0.5, 0.6) is 0 Å². The molecule has 1 aliphatic rings. The number of anilines is 2. The Kier molecular flexibility index (Phi) is 9.37. The molecule has 4 N–H and O–H groups in total. The van der Waals surface area contributed by atoms with Gasteiger partial charge in [-0.05, 0) is 84.4 Å². The average molecular weight is 670 g/mol. The van der Waals surface area contributed by atoms with Gasteiger partial charge in [0.05, 0.1) is 10.9 Å². The van der Waals surface area contributed by atoms with Crippen molar-refractivity contribution in [3.05, 3.63) is 130 Å². The monoisotopic (exact) mass is 668 g/mol.